The Kier molecular flexibility index (Phi) is 9.57. The second-order valence-corrected chi connectivity index (χ2v) is 12.0. The van der Waals surface area contributed by atoms with E-state index in [9.17, 15) is 0 Å². The molecular weight excluding hydrogens is 440 g/mol. The molecule has 0 aliphatic heterocycles. The molecule has 2 unspecified atom stereocenters. The van der Waals surface area contributed by atoms with Crippen LogP contribution in [-0.2, 0) is 17.4 Å². The van der Waals surface area contributed by atoms with E-state index in [0.717, 1.165) is 24.2 Å². The molecule has 0 N–H and O–H groups in total. The molecule has 5 aliphatic rings. The van der Waals surface area contributed by atoms with E-state index in [1.54, 1.807) is 0 Å². The van der Waals surface area contributed by atoms with Crippen LogP contribution in [0.4, 0.5) is 0 Å². The number of nitrogens with zero attached hydrogens (tertiary/aromatic N) is 2. The Morgan fingerprint density at radius 2 is 0.613 bits per heavy atom. The second-order valence-electron chi connectivity index (χ2n) is 11.5. The first-order chi connectivity index (χ1) is 14.8. The van der Waals surface area contributed by atoms with E-state index in [2.05, 4.69) is 9.80 Å². The van der Waals surface area contributed by atoms with Gasteiger partial charge in [0.05, 0.1) is 5.38 Å². The predicted molar refractivity (Wildman–Crippen MR) is 128 cm³/mol. The summed E-state index contributed by atoms with van der Waals surface area (Å²) < 4.78 is 0. The molecule has 31 heavy (non-hydrogen) atoms. The van der Waals surface area contributed by atoms with Gasteiger partial charge in [0.25, 0.3) is 0 Å². The fourth-order valence-electron chi connectivity index (χ4n) is 8.01. The van der Waals surface area contributed by atoms with Crippen molar-refractivity contribution in [3.8, 4) is 0 Å². The zero-order chi connectivity index (χ0) is 20.3. The van der Waals surface area contributed by atoms with Crippen LogP contribution in [0.2, 0.25) is 0 Å². The predicted octanol–water partition coefficient (Wildman–Crippen LogP) is 7.28. The molecule has 0 amide bonds. The number of hydrogen-bond acceptors (Lipinski definition) is 2. The van der Waals surface area contributed by atoms with Crippen molar-refractivity contribution in [2.24, 2.45) is 0 Å². The van der Waals surface area contributed by atoms with E-state index < -0.39 is 0 Å². The summed E-state index contributed by atoms with van der Waals surface area (Å²) in [5.41, 5.74) is 0. The van der Waals surface area contributed by atoms with Crippen LogP contribution in [0.3, 0.4) is 0 Å². The van der Waals surface area contributed by atoms with Gasteiger partial charge >= 0.3 is 0 Å². The summed E-state index contributed by atoms with van der Waals surface area (Å²) in [7, 11) is 0. The van der Waals surface area contributed by atoms with Crippen molar-refractivity contribution in [3.63, 3.8) is 0 Å². The van der Waals surface area contributed by atoms with Gasteiger partial charge in [0, 0.05) is 53.6 Å². The summed E-state index contributed by atoms with van der Waals surface area (Å²) in [6.07, 6.45) is 29.0. The molecule has 5 aliphatic carbocycles. The first-order valence-electron chi connectivity index (χ1n) is 14.0. The number of rotatable bonds is 6. The van der Waals surface area contributed by atoms with Crippen LogP contribution in [0.5, 0.6) is 0 Å². The number of alkyl halides is 1. The maximum Gasteiger partial charge on any atom is 0.0678 e. The number of hydrogen-bond donors (Lipinski definition) is 0. The van der Waals surface area contributed by atoms with Crippen molar-refractivity contribution in [2.45, 2.75) is 170 Å². The van der Waals surface area contributed by atoms with E-state index in [-0.39, 0.29) is 17.4 Å². The molecule has 178 valence electrons. The average molecular weight is 487 g/mol. The molecule has 5 rings (SSSR count). The van der Waals surface area contributed by atoms with Gasteiger partial charge in [-0.3, -0.25) is 9.80 Å². The third kappa shape index (κ3) is 5.70. The van der Waals surface area contributed by atoms with Crippen LogP contribution < -0.4 is 0 Å². The van der Waals surface area contributed by atoms with Crippen LogP contribution >= 0.6 is 11.6 Å². The fraction of sp³-hybridized carbons (Fsp3) is 1.00. The Hall–Kier alpha value is 0.742. The topological polar surface area (TPSA) is 6.48 Å². The molecule has 4 heteroatoms. The summed E-state index contributed by atoms with van der Waals surface area (Å²) in [6, 6.07) is 4.63. The molecule has 5 saturated carbocycles. The summed E-state index contributed by atoms with van der Waals surface area (Å²) in [4.78, 5) is 6.14. The van der Waals surface area contributed by atoms with Crippen LogP contribution in [0.15, 0.2) is 0 Å². The molecule has 2 nitrogen and oxygen atoms in total. The second kappa shape index (κ2) is 11.9. The van der Waals surface area contributed by atoms with Gasteiger partial charge in [-0.2, -0.15) is 0 Å². The zero-order valence-corrected chi connectivity index (χ0v) is 21.9. The van der Waals surface area contributed by atoms with E-state index in [1.165, 1.54) is 128 Å². The van der Waals surface area contributed by atoms with E-state index >= 15 is 0 Å². The summed E-state index contributed by atoms with van der Waals surface area (Å²) >= 11 is 7.30. The third-order valence-corrected chi connectivity index (χ3v) is 10.1. The molecule has 0 saturated heterocycles. The smallest absolute Gasteiger partial charge is 0.0678 e. The van der Waals surface area contributed by atoms with Crippen LogP contribution in [0.1, 0.15) is 128 Å². The van der Waals surface area contributed by atoms with E-state index in [0.29, 0.717) is 17.5 Å². The third-order valence-electron chi connectivity index (χ3n) is 9.54. The molecule has 0 heterocycles. The fourth-order valence-corrected chi connectivity index (χ4v) is 8.49. The standard InChI is InChI=1S/C27H47ClN2.Cr/c28-25-26(29(21-13-5-1-6-14-21)22-15-7-2-8-16-22)27(25)30(23-17-9-3-10-18-23)24-19-11-4-12-20-24;/h21-27H,1-20H2;. The number of halogens is 1. The van der Waals surface area contributed by atoms with Crippen molar-refractivity contribution >= 4 is 11.6 Å². The first-order valence-corrected chi connectivity index (χ1v) is 14.5. The van der Waals surface area contributed by atoms with Crippen LogP contribution in [-0.4, -0.2) is 51.4 Å². The van der Waals surface area contributed by atoms with E-state index in [1.807, 2.05) is 0 Å². The van der Waals surface area contributed by atoms with Crippen LogP contribution in [0.25, 0.3) is 0 Å². The zero-order valence-electron chi connectivity index (χ0n) is 19.9. The Bertz CT molecular complexity index is 439. The minimum absolute atomic E-state index is 0. The van der Waals surface area contributed by atoms with Crippen molar-refractivity contribution in [1.29, 1.82) is 0 Å². The van der Waals surface area contributed by atoms with Gasteiger partial charge in [-0.05, 0) is 51.4 Å². The molecular formula is C27H47ClCrN2. The summed E-state index contributed by atoms with van der Waals surface area (Å²) in [5, 5.41) is 0.387. The summed E-state index contributed by atoms with van der Waals surface area (Å²) in [5.74, 6) is 0. The monoisotopic (exact) mass is 486 g/mol. The van der Waals surface area contributed by atoms with Crippen molar-refractivity contribution in [3.05, 3.63) is 0 Å². The molecule has 0 aromatic heterocycles. The first kappa shape index (κ1) is 24.9. The molecule has 0 radical (unpaired) electrons. The molecule has 0 aromatic rings. The average Bonchev–Trinajstić information content (AvgIpc) is 3.46. The summed E-state index contributed by atoms with van der Waals surface area (Å²) in [6.45, 7) is 0. The quantitative estimate of drug-likeness (QED) is 0.364. The van der Waals surface area contributed by atoms with Gasteiger partial charge in [0.15, 0.2) is 0 Å². The van der Waals surface area contributed by atoms with Gasteiger partial charge in [0.1, 0.15) is 0 Å². The SMILES string of the molecule is ClC1C(N(C2CCCCC2)C2CCCCC2)C1N(C1CCCCC1)C1CCCCC1.[Cr]. The Morgan fingerprint density at radius 1 is 0.387 bits per heavy atom. The van der Waals surface area contributed by atoms with Crippen molar-refractivity contribution in [2.75, 3.05) is 0 Å². The largest absolute Gasteiger partial charge is 0.291 e. The Balaban J connectivity index is 0.00000231. The van der Waals surface area contributed by atoms with Crippen LogP contribution in [0, 0.1) is 0 Å². The minimum Gasteiger partial charge on any atom is -0.291 e. The Morgan fingerprint density at radius 3 is 0.839 bits per heavy atom. The van der Waals surface area contributed by atoms with Gasteiger partial charge in [0.2, 0.25) is 0 Å². The molecule has 5 fully saturated rings. The van der Waals surface area contributed by atoms with Gasteiger partial charge in [-0.15, -0.1) is 11.6 Å². The molecule has 0 bridgehead atoms. The van der Waals surface area contributed by atoms with Gasteiger partial charge < -0.3 is 0 Å². The Labute approximate surface area is 208 Å². The van der Waals surface area contributed by atoms with E-state index in [4.69, 9.17) is 11.6 Å². The molecule has 0 aromatic carbocycles. The minimum atomic E-state index is 0. The van der Waals surface area contributed by atoms with Crippen molar-refractivity contribution in [1.82, 2.24) is 9.80 Å². The van der Waals surface area contributed by atoms with Gasteiger partial charge in [-0.1, -0.05) is 77.0 Å². The molecule has 0 spiro atoms. The van der Waals surface area contributed by atoms with Crippen molar-refractivity contribution < 1.29 is 17.4 Å². The maximum absolute atomic E-state index is 7.30. The normalized spacial score (nSPS) is 34.7. The van der Waals surface area contributed by atoms with Gasteiger partial charge in [-0.25, -0.2) is 0 Å². The maximum atomic E-state index is 7.30. The molecule has 2 atom stereocenters.